The van der Waals surface area contributed by atoms with E-state index in [0.29, 0.717) is 22.7 Å². The van der Waals surface area contributed by atoms with Crippen LogP contribution in [0.1, 0.15) is 10.4 Å². The third kappa shape index (κ3) is 3.77. The molecule has 0 aliphatic carbocycles. The summed E-state index contributed by atoms with van der Waals surface area (Å²) in [5, 5.41) is 2.84. The number of hydrogen-bond acceptors (Lipinski definition) is 3. The Bertz CT molecular complexity index is 674. The van der Waals surface area contributed by atoms with Gasteiger partial charge in [-0.05, 0) is 46.3 Å². The molecule has 2 aromatic carbocycles. The number of benzene rings is 2. The van der Waals surface area contributed by atoms with Crippen molar-refractivity contribution in [1.29, 1.82) is 0 Å². The van der Waals surface area contributed by atoms with E-state index in [1.54, 1.807) is 25.3 Å². The Hall–Kier alpha value is -1.53. The van der Waals surface area contributed by atoms with E-state index >= 15 is 0 Å². The summed E-state index contributed by atoms with van der Waals surface area (Å²) in [7, 11) is 3.08. The van der Waals surface area contributed by atoms with Crippen LogP contribution in [0.15, 0.2) is 45.3 Å². The van der Waals surface area contributed by atoms with Crippen LogP contribution < -0.4 is 14.8 Å². The van der Waals surface area contributed by atoms with Gasteiger partial charge >= 0.3 is 0 Å². The molecular weight excluding hydrogens is 402 g/mol. The second-order valence-electron chi connectivity index (χ2n) is 4.14. The van der Waals surface area contributed by atoms with E-state index in [1.165, 1.54) is 7.11 Å². The van der Waals surface area contributed by atoms with Crippen molar-refractivity contribution < 1.29 is 14.3 Å². The second kappa shape index (κ2) is 6.95. The average Bonchev–Trinajstić information content (AvgIpc) is 2.49. The van der Waals surface area contributed by atoms with Crippen molar-refractivity contribution in [3.63, 3.8) is 0 Å². The molecule has 2 aromatic rings. The van der Waals surface area contributed by atoms with Gasteiger partial charge in [-0.2, -0.15) is 0 Å². The minimum atomic E-state index is -0.252. The van der Waals surface area contributed by atoms with Crippen LogP contribution in [-0.4, -0.2) is 20.1 Å². The maximum absolute atomic E-state index is 12.4. The Morgan fingerprint density at radius 3 is 2.43 bits per heavy atom. The van der Waals surface area contributed by atoms with Crippen molar-refractivity contribution >= 4 is 43.5 Å². The topological polar surface area (TPSA) is 47.6 Å². The molecule has 0 radical (unpaired) electrons. The molecule has 6 heteroatoms. The molecule has 0 fully saturated rings. The molecule has 110 valence electrons. The number of carbonyl (C=O) groups is 1. The normalized spacial score (nSPS) is 10.1. The summed E-state index contributed by atoms with van der Waals surface area (Å²) in [6, 6.07) is 10.6. The van der Waals surface area contributed by atoms with Crippen LogP contribution >= 0.6 is 31.9 Å². The van der Waals surface area contributed by atoms with Gasteiger partial charge in [-0.25, -0.2) is 0 Å². The summed E-state index contributed by atoms with van der Waals surface area (Å²) < 4.78 is 12.1. The molecule has 0 bridgehead atoms. The summed E-state index contributed by atoms with van der Waals surface area (Å²) in [5.74, 6) is 0.839. The molecule has 1 amide bonds. The number of carbonyl (C=O) groups excluding carboxylic acids is 1. The molecule has 0 spiro atoms. The fourth-order valence-electron chi connectivity index (χ4n) is 1.77. The van der Waals surface area contributed by atoms with E-state index in [1.807, 2.05) is 18.2 Å². The molecule has 0 saturated carbocycles. The van der Waals surface area contributed by atoms with E-state index in [-0.39, 0.29) is 5.91 Å². The minimum absolute atomic E-state index is 0.252. The highest BCUT2D eigenvalue weighted by Crippen LogP contribution is 2.29. The molecule has 0 unspecified atom stereocenters. The van der Waals surface area contributed by atoms with Crippen molar-refractivity contribution in [1.82, 2.24) is 0 Å². The summed E-state index contributed by atoms with van der Waals surface area (Å²) in [4.78, 5) is 12.4. The van der Waals surface area contributed by atoms with Crippen LogP contribution in [0.2, 0.25) is 0 Å². The van der Waals surface area contributed by atoms with Gasteiger partial charge in [-0.1, -0.05) is 15.9 Å². The van der Waals surface area contributed by atoms with E-state index in [4.69, 9.17) is 9.47 Å². The number of halogens is 2. The molecule has 1 N–H and O–H groups in total. The van der Waals surface area contributed by atoms with Gasteiger partial charge < -0.3 is 14.8 Å². The fraction of sp³-hybridized carbons (Fsp3) is 0.133. The van der Waals surface area contributed by atoms with E-state index in [9.17, 15) is 4.79 Å². The van der Waals surface area contributed by atoms with Crippen molar-refractivity contribution in [3.05, 3.63) is 50.9 Å². The molecule has 21 heavy (non-hydrogen) atoms. The molecule has 0 aliphatic rings. The number of amides is 1. The molecule has 0 atom stereocenters. The Morgan fingerprint density at radius 1 is 1.05 bits per heavy atom. The maximum atomic E-state index is 12.4. The first kappa shape index (κ1) is 15.9. The number of ether oxygens (including phenoxy) is 2. The van der Waals surface area contributed by atoms with Crippen LogP contribution in [0.25, 0.3) is 0 Å². The van der Waals surface area contributed by atoms with E-state index in [0.717, 1.165) is 8.95 Å². The highest BCUT2D eigenvalue weighted by molar-refractivity contribution is 9.11. The lowest BCUT2D eigenvalue weighted by molar-refractivity contribution is 0.102. The number of anilines is 1. The largest absolute Gasteiger partial charge is 0.497 e. The third-order valence-corrected chi connectivity index (χ3v) is 3.98. The number of methoxy groups -OCH3 is 2. The lowest BCUT2D eigenvalue weighted by atomic mass is 10.1. The van der Waals surface area contributed by atoms with Crippen molar-refractivity contribution in [2.24, 2.45) is 0 Å². The lowest BCUT2D eigenvalue weighted by Crippen LogP contribution is -2.13. The predicted molar refractivity (Wildman–Crippen MR) is 89.3 cm³/mol. The van der Waals surface area contributed by atoms with Gasteiger partial charge in [-0.15, -0.1) is 0 Å². The zero-order valence-electron chi connectivity index (χ0n) is 11.4. The number of rotatable bonds is 4. The van der Waals surface area contributed by atoms with Crippen LogP contribution in [0.3, 0.4) is 0 Å². The van der Waals surface area contributed by atoms with Crippen molar-refractivity contribution in [2.75, 3.05) is 19.5 Å². The predicted octanol–water partition coefficient (Wildman–Crippen LogP) is 4.48. The SMILES string of the molecule is COc1ccc(C(=O)Nc2ccc(Br)cc2Br)c(OC)c1. The molecule has 2 rings (SSSR count). The first-order valence-corrected chi connectivity index (χ1v) is 7.62. The van der Waals surface area contributed by atoms with Crippen LogP contribution in [-0.2, 0) is 0 Å². The molecule has 0 heterocycles. The standard InChI is InChI=1S/C15H13Br2NO3/c1-20-10-4-5-11(14(8-10)21-2)15(19)18-13-6-3-9(16)7-12(13)17/h3-8H,1-2H3,(H,18,19). The minimum Gasteiger partial charge on any atom is -0.497 e. The molecule has 0 aliphatic heterocycles. The smallest absolute Gasteiger partial charge is 0.259 e. The monoisotopic (exact) mass is 413 g/mol. The first-order chi connectivity index (χ1) is 10.0. The highest BCUT2D eigenvalue weighted by Gasteiger charge is 2.14. The average molecular weight is 415 g/mol. The van der Waals surface area contributed by atoms with Crippen LogP contribution in [0.5, 0.6) is 11.5 Å². The number of hydrogen-bond donors (Lipinski definition) is 1. The van der Waals surface area contributed by atoms with Crippen molar-refractivity contribution in [2.45, 2.75) is 0 Å². The molecule has 4 nitrogen and oxygen atoms in total. The van der Waals surface area contributed by atoms with E-state index in [2.05, 4.69) is 37.2 Å². The number of nitrogens with one attached hydrogen (secondary N) is 1. The molecule has 0 saturated heterocycles. The summed E-state index contributed by atoms with van der Waals surface area (Å²) >= 11 is 6.78. The van der Waals surface area contributed by atoms with Crippen LogP contribution in [0, 0.1) is 0 Å². The van der Waals surface area contributed by atoms with Gasteiger partial charge in [-0.3, -0.25) is 4.79 Å². The highest BCUT2D eigenvalue weighted by atomic mass is 79.9. The van der Waals surface area contributed by atoms with Gasteiger partial charge in [0.05, 0.1) is 25.5 Å². The fourth-order valence-corrected chi connectivity index (χ4v) is 2.91. The molecule has 0 aromatic heterocycles. The Balaban J connectivity index is 2.28. The lowest BCUT2D eigenvalue weighted by Gasteiger charge is -2.12. The molecular formula is C15H13Br2NO3. The van der Waals surface area contributed by atoms with Gasteiger partial charge in [0, 0.05) is 15.0 Å². The van der Waals surface area contributed by atoms with E-state index < -0.39 is 0 Å². The Kier molecular flexibility index (Phi) is 5.25. The Morgan fingerprint density at radius 2 is 1.81 bits per heavy atom. The second-order valence-corrected chi connectivity index (χ2v) is 5.91. The summed E-state index contributed by atoms with van der Waals surface area (Å²) in [6.45, 7) is 0. The van der Waals surface area contributed by atoms with Gasteiger partial charge in [0.15, 0.2) is 0 Å². The van der Waals surface area contributed by atoms with Crippen LogP contribution in [0.4, 0.5) is 5.69 Å². The van der Waals surface area contributed by atoms with Crippen molar-refractivity contribution in [3.8, 4) is 11.5 Å². The van der Waals surface area contributed by atoms with Gasteiger partial charge in [0.2, 0.25) is 0 Å². The summed E-state index contributed by atoms with van der Waals surface area (Å²) in [5.41, 5.74) is 1.12. The quantitative estimate of drug-likeness (QED) is 0.802. The third-order valence-electron chi connectivity index (χ3n) is 2.83. The van der Waals surface area contributed by atoms with Gasteiger partial charge in [0.25, 0.3) is 5.91 Å². The summed E-state index contributed by atoms with van der Waals surface area (Å²) in [6.07, 6.45) is 0. The van der Waals surface area contributed by atoms with Gasteiger partial charge in [0.1, 0.15) is 11.5 Å². The Labute approximate surface area is 139 Å². The zero-order chi connectivity index (χ0) is 15.4. The maximum Gasteiger partial charge on any atom is 0.259 e. The zero-order valence-corrected chi connectivity index (χ0v) is 14.6. The first-order valence-electron chi connectivity index (χ1n) is 6.03.